The maximum Gasteiger partial charge on any atom is 0.338 e. The second kappa shape index (κ2) is 9.22. The van der Waals surface area contributed by atoms with Crippen molar-refractivity contribution < 1.29 is 18.7 Å². The highest BCUT2D eigenvalue weighted by Gasteiger charge is 2.11. The maximum atomic E-state index is 12.9. The minimum absolute atomic E-state index is 0.156. The van der Waals surface area contributed by atoms with Gasteiger partial charge in [0.2, 0.25) is 5.91 Å². The van der Waals surface area contributed by atoms with Crippen LogP contribution in [0.15, 0.2) is 42.5 Å². The molecule has 25 heavy (non-hydrogen) atoms. The Morgan fingerprint density at radius 2 is 1.88 bits per heavy atom. The minimum atomic E-state index is -0.413. The summed E-state index contributed by atoms with van der Waals surface area (Å²) in [5, 5.41) is 2.82. The number of carbonyl (C=O) groups is 2. The molecule has 0 radical (unpaired) electrons. The Hall–Kier alpha value is -2.34. The first-order valence-corrected chi connectivity index (χ1v) is 9.05. The topological polar surface area (TPSA) is 55.4 Å². The molecule has 1 N–H and O–H groups in total. The van der Waals surface area contributed by atoms with E-state index in [0.717, 1.165) is 11.1 Å². The highest BCUT2D eigenvalue weighted by Crippen LogP contribution is 2.19. The van der Waals surface area contributed by atoms with Crippen LogP contribution in [0.2, 0.25) is 0 Å². The van der Waals surface area contributed by atoms with Crippen molar-refractivity contribution in [2.24, 2.45) is 0 Å². The van der Waals surface area contributed by atoms with Crippen LogP contribution in [0.25, 0.3) is 0 Å². The third-order valence-corrected chi connectivity index (χ3v) is 4.44. The molecule has 0 saturated heterocycles. The number of thioether (sulfide) groups is 1. The van der Waals surface area contributed by atoms with Crippen LogP contribution < -0.4 is 5.32 Å². The minimum Gasteiger partial charge on any atom is -0.462 e. The molecule has 2 aromatic carbocycles. The van der Waals surface area contributed by atoms with Gasteiger partial charge in [-0.15, -0.1) is 11.8 Å². The zero-order chi connectivity index (χ0) is 18.2. The van der Waals surface area contributed by atoms with Crippen LogP contribution >= 0.6 is 11.8 Å². The lowest BCUT2D eigenvalue weighted by molar-refractivity contribution is -0.113. The largest absolute Gasteiger partial charge is 0.462 e. The number of rotatable bonds is 7. The summed E-state index contributed by atoms with van der Waals surface area (Å²) in [6.07, 6.45) is 0. The summed E-state index contributed by atoms with van der Waals surface area (Å²) < 4.78 is 17.8. The van der Waals surface area contributed by atoms with Crippen LogP contribution in [-0.4, -0.2) is 24.2 Å². The number of hydrogen-bond acceptors (Lipinski definition) is 4. The van der Waals surface area contributed by atoms with E-state index in [0.29, 0.717) is 23.6 Å². The lowest BCUT2D eigenvalue weighted by Crippen LogP contribution is -2.16. The van der Waals surface area contributed by atoms with Gasteiger partial charge in [-0.2, -0.15) is 0 Å². The molecule has 0 heterocycles. The van der Waals surface area contributed by atoms with Crippen LogP contribution in [-0.2, 0) is 15.3 Å². The van der Waals surface area contributed by atoms with Crippen molar-refractivity contribution in [2.75, 3.05) is 17.7 Å². The molecule has 1 amide bonds. The third kappa shape index (κ3) is 5.90. The first-order valence-electron chi connectivity index (χ1n) is 7.89. The molecule has 4 nitrogen and oxygen atoms in total. The number of anilines is 1. The number of amides is 1. The molecule has 2 rings (SSSR count). The number of halogens is 1. The first kappa shape index (κ1) is 19.0. The number of carbonyl (C=O) groups excluding carboxylic acids is 2. The van der Waals surface area contributed by atoms with Crippen molar-refractivity contribution in [1.82, 2.24) is 0 Å². The number of esters is 1. The summed E-state index contributed by atoms with van der Waals surface area (Å²) >= 11 is 1.44. The average molecular weight is 361 g/mol. The lowest BCUT2D eigenvalue weighted by Gasteiger charge is -2.10. The standard InChI is InChI=1S/C19H20FNO3S/c1-3-24-19(23)15-7-4-13(2)17(10-15)21-18(22)12-25-11-14-5-8-16(20)9-6-14/h4-10H,3,11-12H2,1-2H3,(H,21,22). The van der Waals surface area contributed by atoms with Crippen molar-refractivity contribution in [2.45, 2.75) is 19.6 Å². The fourth-order valence-electron chi connectivity index (χ4n) is 2.13. The highest BCUT2D eigenvalue weighted by molar-refractivity contribution is 7.99. The van der Waals surface area contributed by atoms with Gasteiger partial charge in [0.1, 0.15) is 5.82 Å². The molecule has 0 saturated carbocycles. The van der Waals surface area contributed by atoms with Crippen LogP contribution in [0.5, 0.6) is 0 Å². The summed E-state index contributed by atoms with van der Waals surface area (Å²) in [4.78, 5) is 23.9. The molecule has 0 aliphatic carbocycles. The van der Waals surface area contributed by atoms with Crippen LogP contribution in [0.1, 0.15) is 28.4 Å². The molecule has 132 valence electrons. The average Bonchev–Trinajstić information content (AvgIpc) is 2.59. The van der Waals surface area contributed by atoms with E-state index >= 15 is 0 Å². The molecule has 0 spiro atoms. The predicted molar refractivity (Wildman–Crippen MR) is 98.3 cm³/mol. The van der Waals surface area contributed by atoms with Crippen molar-refractivity contribution >= 4 is 29.3 Å². The number of hydrogen-bond donors (Lipinski definition) is 1. The lowest BCUT2D eigenvalue weighted by atomic mass is 10.1. The summed E-state index contributed by atoms with van der Waals surface area (Å²) in [7, 11) is 0. The highest BCUT2D eigenvalue weighted by atomic mass is 32.2. The smallest absolute Gasteiger partial charge is 0.338 e. The van der Waals surface area contributed by atoms with Crippen LogP contribution in [0.4, 0.5) is 10.1 Å². The van der Waals surface area contributed by atoms with Crippen LogP contribution in [0, 0.1) is 12.7 Å². The van der Waals surface area contributed by atoms with Gasteiger partial charge in [0.25, 0.3) is 0 Å². The van der Waals surface area contributed by atoms with Gasteiger partial charge >= 0.3 is 5.97 Å². The second-order valence-corrected chi connectivity index (χ2v) is 6.40. The third-order valence-electron chi connectivity index (χ3n) is 3.44. The van der Waals surface area contributed by atoms with Gasteiger partial charge in [-0.25, -0.2) is 9.18 Å². The zero-order valence-corrected chi connectivity index (χ0v) is 15.0. The SMILES string of the molecule is CCOC(=O)c1ccc(C)c(NC(=O)CSCc2ccc(F)cc2)c1. The molecule has 0 atom stereocenters. The molecule has 0 unspecified atom stereocenters. The van der Waals surface area contributed by atoms with Gasteiger partial charge in [-0.1, -0.05) is 18.2 Å². The Kier molecular flexibility index (Phi) is 7.01. The van der Waals surface area contributed by atoms with Gasteiger partial charge in [0, 0.05) is 11.4 Å². The molecule has 0 fully saturated rings. The Bertz CT molecular complexity index is 747. The van der Waals surface area contributed by atoms with Gasteiger partial charge in [-0.3, -0.25) is 4.79 Å². The van der Waals surface area contributed by atoms with Gasteiger partial charge < -0.3 is 10.1 Å². The quantitative estimate of drug-likeness (QED) is 0.752. The molecule has 6 heteroatoms. The summed E-state index contributed by atoms with van der Waals surface area (Å²) in [5.41, 5.74) is 2.82. The van der Waals surface area contributed by atoms with E-state index in [4.69, 9.17) is 4.74 Å². The second-order valence-electron chi connectivity index (χ2n) is 5.42. The van der Waals surface area contributed by atoms with E-state index in [1.807, 2.05) is 6.92 Å². The van der Waals surface area contributed by atoms with Crippen LogP contribution in [0.3, 0.4) is 0 Å². The van der Waals surface area contributed by atoms with E-state index in [1.165, 1.54) is 23.9 Å². The summed E-state index contributed by atoms with van der Waals surface area (Å²) in [6.45, 7) is 3.90. The fourth-order valence-corrected chi connectivity index (χ4v) is 2.91. The molecular weight excluding hydrogens is 341 g/mol. The van der Waals surface area contributed by atoms with E-state index < -0.39 is 5.97 Å². The Morgan fingerprint density at radius 3 is 2.56 bits per heavy atom. The first-order chi connectivity index (χ1) is 12.0. The van der Waals surface area contributed by atoms with E-state index in [1.54, 1.807) is 37.3 Å². The van der Waals surface area contributed by atoms with Gasteiger partial charge in [-0.05, 0) is 49.2 Å². The summed E-state index contributed by atoms with van der Waals surface area (Å²) in [6, 6.07) is 11.3. The molecule has 0 aliphatic heterocycles. The molecule has 0 aromatic heterocycles. The van der Waals surface area contributed by atoms with Crippen molar-refractivity contribution in [3.63, 3.8) is 0 Å². The number of ether oxygens (including phenoxy) is 1. The normalized spacial score (nSPS) is 10.4. The number of nitrogens with one attached hydrogen (secondary N) is 1. The summed E-state index contributed by atoms with van der Waals surface area (Å²) in [5.74, 6) is 0.0408. The van der Waals surface area contributed by atoms with E-state index in [2.05, 4.69) is 5.32 Å². The predicted octanol–water partition coefficient (Wildman–Crippen LogP) is 4.18. The Morgan fingerprint density at radius 1 is 1.16 bits per heavy atom. The molecular formula is C19H20FNO3S. The molecule has 0 bridgehead atoms. The van der Waals surface area contributed by atoms with Gasteiger partial charge in [0.15, 0.2) is 0 Å². The van der Waals surface area contributed by atoms with Crippen molar-refractivity contribution in [3.8, 4) is 0 Å². The zero-order valence-electron chi connectivity index (χ0n) is 14.2. The Balaban J connectivity index is 1.90. The van der Waals surface area contributed by atoms with Crippen molar-refractivity contribution in [3.05, 3.63) is 65.0 Å². The molecule has 2 aromatic rings. The fraction of sp³-hybridized carbons (Fsp3) is 0.263. The number of benzene rings is 2. The van der Waals surface area contributed by atoms with E-state index in [9.17, 15) is 14.0 Å². The molecule has 0 aliphatic rings. The maximum absolute atomic E-state index is 12.9. The number of aryl methyl sites for hydroxylation is 1. The van der Waals surface area contributed by atoms with Gasteiger partial charge in [0.05, 0.1) is 17.9 Å². The monoisotopic (exact) mass is 361 g/mol. The van der Waals surface area contributed by atoms with E-state index in [-0.39, 0.29) is 17.5 Å². The van der Waals surface area contributed by atoms with Crippen molar-refractivity contribution in [1.29, 1.82) is 0 Å². The Labute approximate surface area is 150 Å².